The van der Waals surface area contributed by atoms with Gasteiger partial charge < -0.3 is 30.2 Å². The van der Waals surface area contributed by atoms with Gasteiger partial charge in [-0.15, -0.1) is 0 Å². The Bertz CT molecular complexity index is 1050. The normalized spacial score (nSPS) is 18.5. The fraction of sp³-hybridized carbons (Fsp3) is 0.480. The van der Waals surface area contributed by atoms with Crippen LogP contribution in [0.2, 0.25) is 0 Å². The van der Waals surface area contributed by atoms with Gasteiger partial charge in [0.2, 0.25) is 5.95 Å². The lowest BCUT2D eigenvalue weighted by Gasteiger charge is -2.38. The number of anilines is 1. The van der Waals surface area contributed by atoms with Crippen molar-refractivity contribution in [2.24, 2.45) is 10.7 Å². The highest BCUT2D eigenvalue weighted by molar-refractivity contribution is 5.82. The quantitative estimate of drug-likeness (QED) is 0.503. The molecule has 194 valence electrons. The second-order valence-electron chi connectivity index (χ2n) is 8.71. The summed E-state index contributed by atoms with van der Waals surface area (Å²) in [4.78, 5) is 15.6. The van der Waals surface area contributed by atoms with Crippen molar-refractivity contribution in [3.63, 3.8) is 0 Å². The Morgan fingerprint density at radius 1 is 1.19 bits per heavy atom. The standard InChI is InChI=1S/C25H32F2N6O3/c1-34-23-3-2-22(26)21(24(23)27)16-36-20-14-30-25(31-15-20)32-18(12-28)13-29-17-4-8-33(9-5-17)19-6-10-35-11-7-19/h2-3,12-15,17,19H,4-11,16,28H2,1H3,(H,30,31,32). The van der Waals surface area contributed by atoms with Crippen molar-refractivity contribution >= 4 is 12.2 Å². The van der Waals surface area contributed by atoms with Crippen LogP contribution in [-0.4, -0.2) is 66.6 Å². The molecule has 2 fully saturated rings. The smallest absolute Gasteiger partial charge is 0.227 e. The van der Waals surface area contributed by atoms with E-state index in [1.54, 1.807) is 6.21 Å². The third-order valence-corrected chi connectivity index (χ3v) is 6.45. The molecule has 0 aliphatic carbocycles. The molecule has 1 aromatic carbocycles. The van der Waals surface area contributed by atoms with Gasteiger partial charge in [-0.05, 0) is 37.8 Å². The molecule has 0 radical (unpaired) electrons. The van der Waals surface area contributed by atoms with E-state index in [4.69, 9.17) is 24.9 Å². The minimum absolute atomic E-state index is 0.0570. The van der Waals surface area contributed by atoms with Crippen LogP contribution in [0.1, 0.15) is 31.2 Å². The zero-order valence-corrected chi connectivity index (χ0v) is 20.3. The summed E-state index contributed by atoms with van der Waals surface area (Å²) >= 11 is 0. The monoisotopic (exact) mass is 502 g/mol. The summed E-state index contributed by atoms with van der Waals surface area (Å²) in [6, 6.07) is 3.22. The van der Waals surface area contributed by atoms with Crippen LogP contribution in [0.5, 0.6) is 11.5 Å². The fourth-order valence-corrected chi connectivity index (χ4v) is 4.36. The summed E-state index contributed by atoms with van der Waals surface area (Å²) in [6.45, 7) is 3.45. The molecule has 4 rings (SSSR count). The summed E-state index contributed by atoms with van der Waals surface area (Å²) in [6.07, 6.45) is 10.1. The van der Waals surface area contributed by atoms with E-state index in [0.29, 0.717) is 17.7 Å². The Hall–Kier alpha value is -3.31. The Kier molecular flexibility index (Phi) is 9.01. The number of likely N-dealkylation sites (tertiary alicyclic amines) is 1. The average molecular weight is 503 g/mol. The van der Waals surface area contributed by atoms with Crippen LogP contribution in [0.4, 0.5) is 14.7 Å². The number of piperidine rings is 1. The molecule has 2 aliphatic heterocycles. The number of hydrogen-bond donors (Lipinski definition) is 2. The van der Waals surface area contributed by atoms with Gasteiger partial charge in [0.1, 0.15) is 12.4 Å². The molecule has 0 bridgehead atoms. The topological polar surface area (TPSA) is 107 Å². The number of methoxy groups -OCH3 is 1. The molecular weight excluding hydrogens is 470 g/mol. The van der Waals surface area contributed by atoms with Crippen LogP contribution < -0.4 is 20.5 Å². The van der Waals surface area contributed by atoms with E-state index in [9.17, 15) is 8.78 Å². The molecule has 0 unspecified atom stereocenters. The summed E-state index contributed by atoms with van der Waals surface area (Å²) < 4.78 is 44.0. The molecular formula is C25H32F2N6O3. The van der Waals surface area contributed by atoms with Crippen molar-refractivity contribution in [1.82, 2.24) is 14.9 Å². The lowest BCUT2D eigenvalue weighted by molar-refractivity contribution is 0.0256. The maximum atomic E-state index is 14.3. The van der Waals surface area contributed by atoms with Crippen molar-refractivity contribution in [2.75, 3.05) is 38.7 Å². The highest BCUT2D eigenvalue weighted by Crippen LogP contribution is 2.24. The number of ether oxygens (including phenoxy) is 3. The van der Waals surface area contributed by atoms with Crippen molar-refractivity contribution in [2.45, 2.75) is 44.4 Å². The SMILES string of the molecule is COc1ccc(F)c(COc2cnc(NC(C=NC3CCN(C4CCOCC4)CC3)=CN)nc2)c1F. The lowest BCUT2D eigenvalue weighted by Crippen LogP contribution is -2.44. The van der Waals surface area contributed by atoms with Crippen LogP contribution in [0.25, 0.3) is 0 Å². The van der Waals surface area contributed by atoms with Gasteiger partial charge in [-0.2, -0.15) is 0 Å². The summed E-state index contributed by atoms with van der Waals surface area (Å²) in [5.41, 5.74) is 6.08. The first-order chi connectivity index (χ1) is 17.6. The maximum Gasteiger partial charge on any atom is 0.227 e. The van der Waals surface area contributed by atoms with Gasteiger partial charge in [0, 0.05) is 44.8 Å². The molecule has 2 aromatic rings. The molecule has 0 saturated carbocycles. The fourth-order valence-electron chi connectivity index (χ4n) is 4.36. The number of rotatable bonds is 9. The summed E-state index contributed by atoms with van der Waals surface area (Å²) in [5.74, 6) is -1.04. The number of nitrogens with one attached hydrogen (secondary N) is 1. The van der Waals surface area contributed by atoms with Gasteiger partial charge >= 0.3 is 0 Å². The average Bonchev–Trinajstić information content (AvgIpc) is 2.92. The van der Waals surface area contributed by atoms with Gasteiger partial charge in [-0.1, -0.05) is 0 Å². The van der Waals surface area contributed by atoms with Gasteiger partial charge in [0.05, 0.1) is 36.8 Å². The Morgan fingerprint density at radius 2 is 1.92 bits per heavy atom. The molecule has 11 heteroatoms. The molecule has 2 aliphatic rings. The molecule has 0 spiro atoms. The van der Waals surface area contributed by atoms with Crippen molar-refractivity contribution < 1.29 is 23.0 Å². The van der Waals surface area contributed by atoms with E-state index < -0.39 is 11.6 Å². The van der Waals surface area contributed by atoms with Crippen LogP contribution in [0, 0.1) is 11.6 Å². The number of aliphatic imine (C=N–C) groups is 1. The molecule has 0 atom stereocenters. The van der Waals surface area contributed by atoms with Crippen LogP contribution in [0.15, 0.2) is 41.4 Å². The van der Waals surface area contributed by atoms with E-state index >= 15 is 0 Å². The molecule has 3 heterocycles. The van der Waals surface area contributed by atoms with Gasteiger partial charge in [0.15, 0.2) is 17.3 Å². The molecule has 3 N–H and O–H groups in total. The minimum Gasteiger partial charge on any atom is -0.494 e. The largest absolute Gasteiger partial charge is 0.494 e. The number of benzene rings is 1. The molecule has 9 nitrogen and oxygen atoms in total. The molecule has 2 saturated heterocycles. The van der Waals surface area contributed by atoms with Crippen molar-refractivity contribution in [1.29, 1.82) is 0 Å². The predicted molar refractivity (Wildman–Crippen MR) is 132 cm³/mol. The summed E-state index contributed by atoms with van der Waals surface area (Å²) in [5, 5.41) is 3.01. The maximum absolute atomic E-state index is 14.3. The third-order valence-electron chi connectivity index (χ3n) is 6.45. The van der Waals surface area contributed by atoms with E-state index in [-0.39, 0.29) is 29.7 Å². The Labute approximate surface area is 209 Å². The van der Waals surface area contributed by atoms with Gasteiger partial charge in [0.25, 0.3) is 0 Å². The minimum atomic E-state index is -0.803. The number of nitrogens with zero attached hydrogens (tertiary/aromatic N) is 4. The highest BCUT2D eigenvalue weighted by Gasteiger charge is 2.26. The van der Waals surface area contributed by atoms with E-state index in [1.807, 2.05) is 0 Å². The Balaban J connectivity index is 1.26. The van der Waals surface area contributed by atoms with Crippen molar-refractivity contribution in [3.8, 4) is 11.5 Å². The lowest BCUT2D eigenvalue weighted by atomic mass is 10.00. The number of halogens is 2. The van der Waals surface area contributed by atoms with Gasteiger partial charge in [-0.25, -0.2) is 18.7 Å². The first-order valence-corrected chi connectivity index (χ1v) is 12.1. The Morgan fingerprint density at radius 3 is 2.58 bits per heavy atom. The molecule has 36 heavy (non-hydrogen) atoms. The number of nitrogens with two attached hydrogens (primary N) is 1. The first-order valence-electron chi connectivity index (χ1n) is 12.1. The van der Waals surface area contributed by atoms with Crippen LogP contribution >= 0.6 is 0 Å². The van der Waals surface area contributed by atoms with E-state index in [2.05, 4.69) is 20.2 Å². The molecule has 1 aromatic heterocycles. The zero-order valence-electron chi connectivity index (χ0n) is 20.3. The van der Waals surface area contributed by atoms with Crippen LogP contribution in [0.3, 0.4) is 0 Å². The zero-order chi connectivity index (χ0) is 25.3. The number of aromatic nitrogens is 2. The number of allylic oxidation sites excluding steroid dienone is 1. The highest BCUT2D eigenvalue weighted by atomic mass is 19.1. The second-order valence-corrected chi connectivity index (χ2v) is 8.71. The van der Waals surface area contributed by atoms with Gasteiger partial charge in [-0.3, -0.25) is 4.99 Å². The van der Waals surface area contributed by atoms with Crippen LogP contribution in [-0.2, 0) is 11.3 Å². The third kappa shape index (κ3) is 6.67. The predicted octanol–water partition coefficient (Wildman–Crippen LogP) is 3.27. The van der Waals surface area contributed by atoms with Crippen molar-refractivity contribution in [3.05, 3.63) is 53.6 Å². The summed E-state index contributed by atoms with van der Waals surface area (Å²) in [7, 11) is 1.31. The van der Waals surface area contributed by atoms with E-state index in [1.165, 1.54) is 31.8 Å². The second kappa shape index (κ2) is 12.6. The first kappa shape index (κ1) is 25.8. The van der Waals surface area contributed by atoms with E-state index in [0.717, 1.165) is 58.1 Å². The molecule has 0 amide bonds. The number of hydrogen-bond acceptors (Lipinski definition) is 9.